The predicted octanol–water partition coefficient (Wildman–Crippen LogP) is 1.97. The van der Waals surface area contributed by atoms with Gasteiger partial charge in [0.15, 0.2) is 9.84 Å². The summed E-state index contributed by atoms with van der Waals surface area (Å²) in [6.07, 6.45) is 1.37. The highest BCUT2D eigenvalue weighted by Crippen LogP contribution is 2.27. The molecule has 0 bridgehead atoms. The van der Waals surface area contributed by atoms with Crippen molar-refractivity contribution in [1.82, 2.24) is 14.8 Å². The summed E-state index contributed by atoms with van der Waals surface area (Å²) >= 11 is 0. The summed E-state index contributed by atoms with van der Waals surface area (Å²) in [5.41, 5.74) is 0.111. The second kappa shape index (κ2) is 8.63. The second-order valence-electron chi connectivity index (χ2n) is 9.25. The summed E-state index contributed by atoms with van der Waals surface area (Å²) in [6.45, 7) is 10.3. The molecule has 0 aliphatic carbocycles. The van der Waals surface area contributed by atoms with Gasteiger partial charge in [0.25, 0.3) is 0 Å². The molecule has 9 heteroatoms. The highest BCUT2D eigenvalue weighted by Gasteiger charge is 2.29. The fourth-order valence-electron chi connectivity index (χ4n) is 3.92. The van der Waals surface area contributed by atoms with Gasteiger partial charge in [-0.25, -0.2) is 8.42 Å². The van der Waals surface area contributed by atoms with Crippen molar-refractivity contribution >= 4 is 32.6 Å². The minimum Gasteiger partial charge on any atom is -0.372 e. The Labute approximate surface area is 183 Å². The standard InChI is InChI=1S/C22H31N3O5S/c1-15-10-25(11-16(2)30-15)21(27)13-24-12-19(17-8-6-7-9-18(17)24)31(28,29)14-20(26)23-22(3,4)5/h6-9,12,15-16H,10-11,13-14H2,1-5H3,(H,23,26). The minimum absolute atomic E-state index is 0.0175. The normalized spacial score (nSPS) is 20.1. The zero-order valence-corrected chi connectivity index (χ0v) is 19.5. The highest BCUT2D eigenvalue weighted by molar-refractivity contribution is 7.92. The van der Waals surface area contributed by atoms with E-state index in [1.165, 1.54) is 6.20 Å². The maximum atomic E-state index is 13.0. The van der Waals surface area contributed by atoms with E-state index in [1.807, 2.05) is 13.8 Å². The Bertz CT molecular complexity index is 1070. The lowest BCUT2D eigenvalue weighted by Gasteiger charge is -2.35. The number of hydrogen-bond donors (Lipinski definition) is 1. The number of benzene rings is 1. The molecule has 170 valence electrons. The quantitative estimate of drug-likeness (QED) is 0.753. The molecule has 0 spiro atoms. The van der Waals surface area contributed by atoms with Crippen molar-refractivity contribution < 1.29 is 22.7 Å². The first kappa shape index (κ1) is 23.3. The van der Waals surface area contributed by atoms with E-state index in [4.69, 9.17) is 4.74 Å². The van der Waals surface area contributed by atoms with E-state index in [0.717, 1.165) is 0 Å². The lowest BCUT2D eigenvalue weighted by Crippen LogP contribution is -2.49. The Hall–Kier alpha value is -2.39. The number of fused-ring (bicyclic) bond motifs is 1. The molecule has 1 aliphatic heterocycles. The minimum atomic E-state index is -3.89. The summed E-state index contributed by atoms with van der Waals surface area (Å²) in [4.78, 5) is 27.0. The van der Waals surface area contributed by atoms with Gasteiger partial charge in [0.2, 0.25) is 11.8 Å². The number of sulfone groups is 1. The van der Waals surface area contributed by atoms with Crippen LogP contribution in [0.1, 0.15) is 34.6 Å². The SMILES string of the molecule is CC1CN(C(=O)Cn2cc(S(=O)(=O)CC(=O)NC(C)(C)C)c3ccccc32)CC(C)O1. The largest absolute Gasteiger partial charge is 0.372 e. The van der Waals surface area contributed by atoms with Gasteiger partial charge in [0.1, 0.15) is 12.3 Å². The molecule has 2 unspecified atom stereocenters. The van der Waals surface area contributed by atoms with Crippen molar-refractivity contribution in [2.24, 2.45) is 0 Å². The molecule has 1 aliphatic rings. The molecule has 0 saturated carbocycles. The van der Waals surface area contributed by atoms with E-state index in [9.17, 15) is 18.0 Å². The van der Waals surface area contributed by atoms with Gasteiger partial charge in [0, 0.05) is 35.7 Å². The van der Waals surface area contributed by atoms with E-state index < -0.39 is 27.0 Å². The average molecular weight is 450 g/mol. The molecule has 1 N–H and O–H groups in total. The van der Waals surface area contributed by atoms with E-state index in [0.29, 0.717) is 24.0 Å². The molecule has 31 heavy (non-hydrogen) atoms. The number of amides is 2. The van der Waals surface area contributed by atoms with E-state index in [1.54, 1.807) is 54.5 Å². The van der Waals surface area contributed by atoms with Crippen molar-refractivity contribution in [3.05, 3.63) is 30.5 Å². The Morgan fingerprint density at radius 2 is 1.74 bits per heavy atom. The maximum absolute atomic E-state index is 13.0. The van der Waals surface area contributed by atoms with E-state index >= 15 is 0 Å². The lowest BCUT2D eigenvalue weighted by molar-refractivity contribution is -0.143. The smallest absolute Gasteiger partial charge is 0.242 e. The van der Waals surface area contributed by atoms with Crippen LogP contribution in [0.5, 0.6) is 0 Å². The van der Waals surface area contributed by atoms with Crippen LogP contribution in [-0.2, 0) is 30.7 Å². The summed E-state index contributed by atoms with van der Waals surface area (Å²) in [5.74, 6) is -1.31. The molecule has 8 nitrogen and oxygen atoms in total. The molecule has 2 aromatic rings. The first-order chi connectivity index (χ1) is 14.4. The van der Waals surface area contributed by atoms with Gasteiger partial charge in [-0.05, 0) is 40.7 Å². The first-order valence-electron chi connectivity index (χ1n) is 10.4. The summed E-state index contributed by atoms with van der Waals surface area (Å²) in [5, 5.41) is 3.19. The summed E-state index contributed by atoms with van der Waals surface area (Å²) in [6, 6.07) is 7.02. The van der Waals surface area contributed by atoms with Crippen LogP contribution in [0.4, 0.5) is 0 Å². The van der Waals surface area contributed by atoms with Crippen LogP contribution in [-0.4, -0.2) is 66.3 Å². The molecule has 1 aromatic carbocycles. The van der Waals surface area contributed by atoms with Crippen molar-refractivity contribution in [3.63, 3.8) is 0 Å². The molecule has 1 saturated heterocycles. The molecular formula is C22H31N3O5S. The van der Waals surface area contributed by atoms with Crippen LogP contribution in [0.15, 0.2) is 35.4 Å². The van der Waals surface area contributed by atoms with Gasteiger partial charge >= 0.3 is 0 Å². The van der Waals surface area contributed by atoms with Crippen LogP contribution in [0.3, 0.4) is 0 Å². The van der Waals surface area contributed by atoms with Crippen LogP contribution >= 0.6 is 0 Å². The average Bonchev–Trinajstić information content (AvgIpc) is 2.98. The van der Waals surface area contributed by atoms with Gasteiger partial charge < -0.3 is 19.5 Å². The Balaban J connectivity index is 1.88. The van der Waals surface area contributed by atoms with Crippen LogP contribution in [0.2, 0.25) is 0 Å². The topological polar surface area (TPSA) is 97.7 Å². The maximum Gasteiger partial charge on any atom is 0.242 e. The number of ether oxygens (including phenoxy) is 1. The summed E-state index contributed by atoms with van der Waals surface area (Å²) < 4.78 is 33.4. The van der Waals surface area contributed by atoms with Crippen molar-refractivity contribution in [1.29, 1.82) is 0 Å². The number of rotatable bonds is 5. The molecule has 2 heterocycles. The number of nitrogens with zero attached hydrogens (tertiary/aromatic N) is 2. The third-order valence-electron chi connectivity index (χ3n) is 5.00. The number of para-hydroxylation sites is 1. The Kier molecular flexibility index (Phi) is 6.48. The van der Waals surface area contributed by atoms with Crippen molar-refractivity contribution in [2.75, 3.05) is 18.8 Å². The molecule has 2 amide bonds. The number of carbonyl (C=O) groups excluding carboxylic acids is 2. The third-order valence-corrected chi connectivity index (χ3v) is 6.64. The number of hydrogen-bond acceptors (Lipinski definition) is 5. The number of carbonyl (C=O) groups is 2. The highest BCUT2D eigenvalue weighted by atomic mass is 32.2. The van der Waals surface area contributed by atoms with Gasteiger partial charge in [-0.3, -0.25) is 9.59 Å². The Morgan fingerprint density at radius 1 is 1.13 bits per heavy atom. The lowest BCUT2D eigenvalue weighted by atomic mass is 10.1. The van der Waals surface area contributed by atoms with Gasteiger partial charge in [-0.2, -0.15) is 0 Å². The fraction of sp³-hybridized carbons (Fsp3) is 0.545. The third kappa shape index (κ3) is 5.65. The molecule has 3 rings (SSSR count). The van der Waals surface area contributed by atoms with Crippen molar-refractivity contribution in [3.8, 4) is 0 Å². The molecule has 0 radical (unpaired) electrons. The van der Waals surface area contributed by atoms with Gasteiger partial charge in [-0.1, -0.05) is 18.2 Å². The predicted molar refractivity (Wildman–Crippen MR) is 118 cm³/mol. The van der Waals surface area contributed by atoms with Gasteiger partial charge in [-0.15, -0.1) is 0 Å². The van der Waals surface area contributed by atoms with E-state index in [-0.39, 0.29) is 29.6 Å². The first-order valence-corrected chi connectivity index (χ1v) is 12.1. The molecular weight excluding hydrogens is 418 g/mol. The summed E-state index contributed by atoms with van der Waals surface area (Å²) in [7, 11) is -3.89. The van der Waals surface area contributed by atoms with Crippen molar-refractivity contribution in [2.45, 2.75) is 63.8 Å². The van der Waals surface area contributed by atoms with Crippen LogP contribution in [0, 0.1) is 0 Å². The van der Waals surface area contributed by atoms with Crippen LogP contribution in [0.25, 0.3) is 10.9 Å². The monoisotopic (exact) mass is 449 g/mol. The zero-order chi connectivity index (χ0) is 23.0. The van der Waals surface area contributed by atoms with Gasteiger partial charge in [0.05, 0.1) is 17.1 Å². The number of nitrogens with one attached hydrogen (secondary N) is 1. The van der Waals surface area contributed by atoms with Crippen LogP contribution < -0.4 is 5.32 Å². The Morgan fingerprint density at radius 3 is 2.35 bits per heavy atom. The zero-order valence-electron chi connectivity index (χ0n) is 18.7. The number of aromatic nitrogens is 1. The fourth-order valence-corrected chi connectivity index (χ4v) is 5.29. The molecule has 1 fully saturated rings. The number of morpholine rings is 1. The molecule has 2 atom stereocenters. The second-order valence-corrected chi connectivity index (χ2v) is 11.2. The van der Waals surface area contributed by atoms with E-state index in [2.05, 4.69) is 5.32 Å². The molecule has 1 aromatic heterocycles.